The molecular weight excluding hydrogens is 238 g/mol. The Morgan fingerprint density at radius 2 is 2.28 bits per heavy atom. The molecule has 1 aliphatic rings. The van der Waals surface area contributed by atoms with Gasteiger partial charge in [-0.2, -0.15) is 0 Å². The van der Waals surface area contributed by atoms with Gasteiger partial charge >= 0.3 is 5.97 Å². The van der Waals surface area contributed by atoms with E-state index in [1.54, 1.807) is 0 Å². The van der Waals surface area contributed by atoms with Crippen LogP contribution in [0.4, 0.5) is 0 Å². The Labute approximate surface area is 106 Å². The topological polar surface area (TPSA) is 91.2 Å². The number of likely N-dealkylation sites (N-methyl/N-ethyl adjacent to an activating group) is 1. The summed E-state index contributed by atoms with van der Waals surface area (Å²) < 4.78 is 0. The van der Waals surface area contributed by atoms with Gasteiger partial charge in [-0.05, 0) is 20.9 Å². The Bertz CT molecular complexity index is 354. The maximum atomic E-state index is 11.6. The molecule has 1 aliphatic heterocycles. The second kappa shape index (κ2) is 6.34. The van der Waals surface area contributed by atoms with E-state index in [1.165, 1.54) is 0 Å². The zero-order valence-electron chi connectivity index (χ0n) is 10.8. The molecule has 0 aromatic carbocycles. The minimum atomic E-state index is -1.15. The van der Waals surface area contributed by atoms with Crippen molar-refractivity contribution >= 4 is 17.6 Å². The zero-order chi connectivity index (χ0) is 13.7. The van der Waals surface area contributed by atoms with Crippen LogP contribution in [-0.2, 0) is 14.4 Å². The summed E-state index contributed by atoms with van der Waals surface area (Å²) in [5.74, 6) is -1.48. The molecule has 18 heavy (non-hydrogen) atoms. The lowest BCUT2D eigenvalue weighted by Crippen LogP contribution is -2.40. The molecular formula is C11H19N3O4. The standard InChI is InChI=1S/C11H19N3O4/c1-7(2)14(3)5-4-12-10(15)9-6-8(11(16)17)13-18-9/h7,9H,4-6H2,1-3H3,(H,12,15)(H,16,17). The van der Waals surface area contributed by atoms with Crippen LogP contribution in [0.3, 0.4) is 0 Å². The van der Waals surface area contributed by atoms with E-state index in [1.807, 2.05) is 7.05 Å². The highest BCUT2D eigenvalue weighted by molar-refractivity contribution is 6.36. The summed E-state index contributed by atoms with van der Waals surface area (Å²) in [4.78, 5) is 29.1. The van der Waals surface area contributed by atoms with E-state index in [4.69, 9.17) is 9.94 Å². The van der Waals surface area contributed by atoms with Gasteiger partial charge in [0.05, 0.1) is 0 Å². The van der Waals surface area contributed by atoms with E-state index in [-0.39, 0.29) is 18.0 Å². The normalized spacial score (nSPS) is 18.7. The summed E-state index contributed by atoms with van der Waals surface area (Å²) in [6.07, 6.45) is -0.804. The number of carbonyl (C=O) groups is 2. The quantitative estimate of drug-likeness (QED) is 0.680. The second-order valence-electron chi connectivity index (χ2n) is 4.51. The Hall–Kier alpha value is -1.63. The van der Waals surface area contributed by atoms with E-state index >= 15 is 0 Å². The molecule has 0 bridgehead atoms. The first-order valence-corrected chi connectivity index (χ1v) is 5.85. The molecule has 0 saturated heterocycles. The number of nitrogens with zero attached hydrogens (tertiary/aromatic N) is 2. The predicted molar refractivity (Wildman–Crippen MR) is 65.3 cm³/mol. The summed E-state index contributed by atoms with van der Waals surface area (Å²) in [6.45, 7) is 5.35. The van der Waals surface area contributed by atoms with Crippen LogP contribution in [0.2, 0.25) is 0 Å². The van der Waals surface area contributed by atoms with Crippen molar-refractivity contribution in [2.24, 2.45) is 5.16 Å². The Kier molecular flexibility index (Phi) is 5.08. The van der Waals surface area contributed by atoms with Crippen molar-refractivity contribution in [2.45, 2.75) is 32.4 Å². The van der Waals surface area contributed by atoms with Gasteiger partial charge in [-0.3, -0.25) is 4.79 Å². The molecule has 0 spiro atoms. The molecule has 1 atom stereocenters. The minimum absolute atomic E-state index is 0.0151. The third kappa shape index (κ3) is 3.99. The van der Waals surface area contributed by atoms with Gasteiger partial charge in [-0.1, -0.05) is 5.16 Å². The van der Waals surface area contributed by atoms with Gasteiger partial charge in [0.1, 0.15) is 0 Å². The van der Waals surface area contributed by atoms with Crippen LogP contribution in [0.15, 0.2) is 5.16 Å². The van der Waals surface area contributed by atoms with Crippen LogP contribution in [0, 0.1) is 0 Å². The number of aliphatic carboxylic acids is 1. The summed E-state index contributed by atoms with van der Waals surface area (Å²) >= 11 is 0. The van der Waals surface area contributed by atoms with Crippen molar-refractivity contribution in [2.75, 3.05) is 20.1 Å². The number of nitrogens with one attached hydrogen (secondary N) is 1. The molecule has 0 aromatic rings. The van der Waals surface area contributed by atoms with Gasteiger partial charge < -0.3 is 20.2 Å². The van der Waals surface area contributed by atoms with E-state index in [2.05, 4.69) is 29.2 Å². The van der Waals surface area contributed by atoms with Crippen LogP contribution < -0.4 is 5.32 Å². The highest BCUT2D eigenvalue weighted by atomic mass is 16.6. The number of carbonyl (C=O) groups excluding carboxylic acids is 1. The van der Waals surface area contributed by atoms with Crippen molar-refractivity contribution in [1.82, 2.24) is 10.2 Å². The Morgan fingerprint density at radius 3 is 2.78 bits per heavy atom. The second-order valence-corrected chi connectivity index (χ2v) is 4.51. The molecule has 1 unspecified atom stereocenters. The number of carboxylic acids is 1. The van der Waals surface area contributed by atoms with Crippen molar-refractivity contribution in [3.05, 3.63) is 0 Å². The molecule has 1 heterocycles. The molecule has 1 amide bonds. The van der Waals surface area contributed by atoms with Gasteiger partial charge in [0.25, 0.3) is 5.91 Å². The van der Waals surface area contributed by atoms with Gasteiger partial charge in [0.2, 0.25) is 6.10 Å². The number of carboxylic acid groups (broad SMARTS) is 1. The molecule has 0 radical (unpaired) electrons. The fraction of sp³-hybridized carbons (Fsp3) is 0.727. The number of oxime groups is 1. The summed E-state index contributed by atoms with van der Waals surface area (Å²) in [5, 5.41) is 14.7. The molecule has 0 aliphatic carbocycles. The minimum Gasteiger partial charge on any atom is -0.477 e. The summed E-state index contributed by atoms with van der Waals surface area (Å²) in [5.41, 5.74) is -0.116. The van der Waals surface area contributed by atoms with Crippen LogP contribution in [0.25, 0.3) is 0 Å². The van der Waals surface area contributed by atoms with E-state index in [0.717, 1.165) is 6.54 Å². The molecule has 1 rings (SSSR count). The smallest absolute Gasteiger partial charge is 0.353 e. The maximum absolute atomic E-state index is 11.6. The van der Waals surface area contributed by atoms with Gasteiger partial charge in [0, 0.05) is 25.6 Å². The zero-order valence-corrected chi connectivity index (χ0v) is 10.8. The average Bonchev–Trinajstić information content (AvgIpc) is 2.77. The third-order valence-corrected chi connectivity index (χ3v) is 2.85. The van der Waals surface area contributed by atoms with Crippen molar-refractivity contribution in [1.29, 1.82) is 0 Å². The molecule has 2 N–H and O–H groups in total. The molecule has 0 aromatic heterocycles. The highest BCUT2D eigenvalue weighted by Crippen LogP contribution is 2.10. The first-order chi connectivity index (χ1) is 8.41. The highest BCUT2D eigenvalue weighted by Gasteiger charge is 2.31. The largest absolute Gasteiger partial charge is 0.477 e. The van der Waals surface area contributed by atoms with Gasteiger partial charge in [0.15, 0.2) is 5.71 Å². The van der Waals surface area contributed by atoms with Gasteiger partial charge in [-0.25, -0.2) is 4.79 Å². The monoisotopic (exact) mass is 257 g/mol. The summed E-state index contributed by atoms with van der Waals surface area (Å²) in [7, 11) is 1.97. The third-order valence-electron chi connectivity index (χ3n) is 2.85. The number of hydrogen-bond acceptors (Lipinski definition) is 5. The van der Waals surface area contributed by atoms with Crippen molar-refractivity contribution in [3.63, 3.8) is 0 Å². The van der Waals surface area contributed by atoms with E-state index in [0.29, 0.717) is 12.6 Å². The Morgan fingerprint density at radius 1 is 1.61 bits per heavy atom. The lowest BCUT2D eigenvalue weighted by Gasteiger charge is -2.21. The van der Waals surface area contributed by atoms with Crippen molar-refractivity contribution < 1.29 is 19.5 Å². The van der Waals surface area contributed by atoms with Gasteiger partial charge in [-0.15, -0.1) is 0 Å². The first-order valence-electron chi connectivity index (χ1n) is 5.85. The number of rotatable bonds is 6. The lowest BCUT2D eigenvalue weighted by atomic mass is 10.2. The first kappa shape index (κ1) is 14.4. The summed E-state index contributed by atoms with van der Waals surface area (Å²) in [6, 6.07) is 0.409. The van der Waals surface area contributed by atoms with E-state index < -0.39 is 12.1 Å². The molecule has 0 saturated carbocycles. The lowest BCUT2D eigenvalue weighted by molar-refractivity contribution is -0.131. The fourth-order valence-electron chi connectivity index (χ4n) is 1.37. The predicted octanol–water partition coefficient (Wildman–Crippen LogP) is -0.328. The molecule has 0 fully saturated rings. The molecule has 7 heteroatoms. The van der Waals surface area contributed by atoms with Crippen molar-refractivity contribution in [3.8, 4) is 0 Å². The van der Waals surface area contributed by atoms with Crippen LogP contribution >= 0.6 is 0 Å². The average molecular weight is 257 g/mol. The number of hydrogen-bond donors (Lipinski definition) is 2. The molecule has 102 valence electrons. The molecule has 7 nitrogen and oxygen atoms in total. The van der Waals surface area contributed by atoms with E-state index in [9.17, 15) is 9.59 Å². The van der Waals surface area contributed by atoms with Crippen LogP contribution in [0.5, 0.6) is 0 Å². The maximum Gasteiger partial charge on any atom is 0.353 e. The fourth-order valence-corrected chi connectivity index (χ4v) is 1.37. The Balaban J connectivity index is 2.25. The SMILES string of the molecule is CC(C)N(C)CCNC(=O)C1CC(C(=O)O)=NO1. The van der Waals surface area contributed by atoms with Crippen LogP contribution in [-0.4, -0.2) is 59.9 Å². The number of amides is 1. The van der Waals surface area contributed by atoms with Crippen LogP contribution in [0.1, 0.15) is 20.3 Å².